The number of carbonyl (C=O) groups is 1. The molecular weight excluding hydrogens is 242 g/mol. The van der Waals surface area contributed by atoms with Gasteiger partial charge in [-0.3, -0.25) is 4.79 Å². The minimum atomic E-state index is -0.232. The normalized spacial score (nSPS) is 15.9. The fourth-order valence-corrected chi connectivity index (χ4v) is 2.22. The van der Waals surface area contributed by atoms with Gasteiger partial charge in [0.1, 0.15) is 0 Å². The molecule has 1 aromatic carbocycles. The molecule has 0 aromatic heterocycles. The van der Waals surface area contributed by atoms with Gasteiger partial charge in [-0.2, -0.15) is 0 Å². The summed E-state index contributed by atoms with van der Waals surface area (Å²) >= 11 is 0. The van der Waals surface area contributed by atoms with Crippen LogP contribution in [0.15, 0.2) is 18.2 Å². The zero-order valence-corrected chi connectivity index (χ0v) is 11.5. The highest BCUT2D eigenvalue weighted by Crippen LogP contribution is 2.34. The number of benzene rings is 1. The molecule has 19 heavy (non-hydrogen) atoms. The highest BCUT2D eigenvalue weighted by molar-refractivity contribution is 5.97. The first-order valence-electron chi connectivity index (χ1n) is 6.82. The molecule has 1 aliphatic rings. The molecule has 1 unspecified atom stereocenters. The Labute approximate surface area is 113 Å². The van der Waals surface area contributed by atoms with Gasteiger partial charge in [0.05, 0.1) is 12.7 Å². The molecule has 1 aliphatic carbocycles. The third-order valence-corrected chi connectivity index (χ3v) is 3.61. The van der Waals surface area contributed by atoms with E-state index in [0.717, 1.165) is 18.8 Å². The Bertz CT molecular complexity index is 455. The first-order valence-corrected chi connectivity index (χ1v) is 6.82. The molecule has 0 saturated heterocycles. The standard InChI is InChI=1S/C15H21NO3/c1-3-11(9-10-7-8-10)16-15(18)12-5-4-6-13(19-2)14(12)17/h4-6,10-11,17H,3,7-9H2,1-2H3,(H,16,18). The third-order valence-electron chi connectivity index (χ3n) is 3.61. The molecule has 0 radical (unpaired) electrons. The largest absolute Gasteiger partial charge is 0.504 e. The lowest BCUT2D eigenvalue weighted by atomic mass is 10.1. The van der Waals surface area contributed by atoms with Crippen molar-refractivity contribution in [1.29, 1.82) is 0 Å². The zero-order chi connectivity index (χ0) is 13.8. The van der Waals surface area contributed by atoms with Crippen LogP contribution in [0.5, 0.6) is 11.5 Å². The molecular formula is C15H21NO3. The smallest absolute Gasteiger partial charge is 0.255 e. The van der Waals surface area contributed by atoms with Crippen LogP contribution in [0.1, 0.15) is 43.0 Å². The molecule has 1 saturated carbocycles. The van der Waals surface area contributed by atoms with Crippen molar-refractivity contribution in [2.75, 3.05) is 7.11 Å². The summed E-state index contributed by atoms with van der Waals surface area (Å²) in [4.78, 5) is 12.2. The number of aromatic hydroxyl groups is 1. The summed E-state index contributed by atoms with van der Waals surface area (Å²) < 4.78 is 5.01. The molecule has 104 valence electrons. The second kappa shape index (κ2) is 5.95. The van der Waals surface area contributed by atoms with E-state index in [-0.39, 0.29) is 23.3 Å². The van der Waals surface area contributed by atoms with Crippen LogP contribution < -0.4 is 10.1 Å². The second-order valence-corrected chi connectivity index (χ2v) is 5.11. The van der Waals surface area contributed by atoms with Crippen molar-refractivity contribution in [3.8, 4) is 11.5 Å². The number of methoxy groups -OCH3 is 1. The van der Waals surface area contributed by atoms with Crippen molar-refractivity contribution in [3.05, 3.63) is 23.8 Å². The van der Waals surface area contributed by atoms with Gasteiger partial charge in [0, 0.05) is 6.04 Å². The Morgan fingerprint density at radius 3 is 2.84 bits per heavy atom. The molecule has 1 aromatic rings. The Morgan fingerprint density at radius 1 is 1.53 bits per heavy atom. The van der Waals surface area contributed by atoms with Crippen LogP contribution in [0.3, 0.4) is 0 Å². The number of hydrogen-bond donors (Lipinski definition) is 2. The SMILES string of the molecule is CCC(CC1CC1)NC(=O)c1cccc(OC)c1O. The summed E-state index contributed by atoms with van der Waals surface area (Å²) in [6, 6.07) is 5.13. The van der Waals surface area contributed by atoms with Crippen LogP contribution in [0.2, 0.25) is 0 Å². The van der Waals surface area contributed by atoms with Gasteiger partial charge >= 0.3 is 0 Å². The van der Waals surface area contributed by atoms with Gasteiger partial charge in [-0.25, -0.2) is 0 Å². The minimum absolute atomic E-state index is 0.0937. The van der Waals surface area contributed by atoms with Crippen LogP contribution in [0.4, 0.5) is 0 Å². The summed E-state index contributed by atoms with van der Waals surface area (Å²) in [6.45, 7) is 2.07. The Kier molecular flexibility index (Phi) is 4.30. The van der Waals surface area contributed by atoms with Crippen molar-refractivity contribution in [2.24, 2.45) is 5.92 Å². The van der Waals surface area contributed by atoms with E-state index in [4.69, 9.17) is 4.74 Å². The highest BCUT2D eigenvalue weighted by Gasteiger charge is 2.26. The zero-order valence-electron chi connectivity index (χ0n) is 11.5. The Balaban J connectivity index is 2.05. The summed E-state index contributed by atoms with van der Waals surface area (Å²) in [5.74, 6) is 0.764. The number of carbonyl (C=O) groups excluding carboxylic acids is 1. The molecule has 2 N–H and O–H groups in total. The highest BCUT2D eigenvalue weighted by atomic mass is 16.5. The van der Waals surface area contributed by atoms with Crippen molar-refractivity contribution in [2.45, 2.75) is 38.6 Å². The number of amides is 1. The molecule has 0 heterocycles. The number of nitrogens with one attached hydrogen (secondary N) is 1. The number of para-hydroxylation sites is 1. The van der Waals surface area contributed by atoms with Crippen LogP contribution in [0.25, 0.3) is 0 Å². The molecule has 0 spiro atoms. The van der Waals surface area contributed by atoms with E-state index in [9.17, 15) is 9.90 Å². The van der Waals surface area contributed by atoms with Gasteiger partial charge in [-0.1, -0.05) is 25.8 Å². The van der Waals surface area contributed by atoms with Crippen LogP contribution in [0, 0.1) is 5.92 Å². The lowest BCUT2D eigenvalue weighted by molar-refractivity contribution is 0.0929. The lowest BCUT2D eigenvalue weighted by Crippen LogP contribution is -2.34. The quantitative estimate of drug-likeness (QED) is 0.829. The molecule has 1 atom stereocenters. The molecule has 1 fully saturated rings. The van der Waals surface area contributed by atoms with Gasteiger partial charge in [0.25, 0.3) is 5.91 Å². The molecule has 2 rings (SSSR count). The maximum absolute atomic E-state index is 12.2. The lowest BCUT2D eigenvalue weighted by Gasteiger charge is -2.17. The van der Waals surface area contributed by atoms with Gasteiger partial charge in [-0.15, -0.1) is 0 Å². The fourth-order valence-electron chi connectivity index (χ4n) is 2.22. The van der Waals surface area contributed by atoms with E-state index in [0.29, 0.717) is 5.75 Å². The fraction of sp³-hybridized carbons (Fsp3) is 0.533. The average Bonchev–Trinajstić information content (AvgIpc) is 3.22. The van der Waals surface area contributed by atoms with Gasteiger partial charge in [-0.05, 0) is 30.9 Å². The summed E-state index contributed by atoms with van der Waals surface area (Å²) in [5, 5.41) is 12.9. The predicted octanol–water partition coefficient (Wildman–Crippen LogP) is 2.71. The van der Waals surface area contributed by atoms with Gasteiger partial charge in [0.15, 0.2) is 11.5 Å². The van der Waals surface area contributed by atoms with Crippen LogP contribution >= 0.6 is 0 Å². The molecule has 0 aliphatic heterocycles. The molecule has 1 amide bonds. The predicted molar refractivity (Wildman–Crippen MR) is 73.5 cm³/mol. The molecule has 0 bridgehead atoms. The number of ether oxygens (including phenoxy) is 1. The van der Waals surface area contributed by atoms with E-state index in [1.807, 2.05) is 0 Å². The summed E-state index contributed by atoms with van der Waals surface area (Å²) in [6.07, 6.45) is 4.49. The van der Waals surface area contributed by atoms with Crippen molar-refractivity contribution in [3.63, 3.8) is 0 Å². The number of phenolic OH excluding ortho intramolecular Hbond substituents is 1. The van der Waals surface area contributed by atoms with Crippen molar-refractivity contribution in [1.82, 2.24) is 5.32 Å². The molecule has 4 heteroatoms. The topological polar surface area (TPSA) is 58.6 Å². The average molecular weight is 263 g/mol. The Hall–Kier alpha value is -1.71. The van der Waals surface area contributed by atoms with Crippen LogP contribution in [-0.2, 0) is 0 Å². The molecule has 4 nitrogen and oxygen atoms in total. The summed E-state index contributed by atoms with van der Waals surface area (Å²) in [7, 11) is 1.47. The van der Waals surface area contributed by atoms with E-state index >= 15 is 0 Å². The monoisotopic (exact) mass is 263 g/mol. The van der Waals surface area contributed by atoms with Crippen molar-refractivity contribution < 1.29 is 14.6 Å². The summed E-state index contributed by atoms with van der Waals surface area (Å²) in [5.41, 5.74) is 0.272. The second-order valence-electron chi connectivity index (χ2n) is 5.11. The van der Waals surface area contributed by atoms with E-state index < -0.39 is 0 Å². The van der Waals surface area contributed by atoms with E-state index in [2.05, 4.69) is 12.2 Å². The first kappa shape index (κ1) is 13.7. The van der Waals surface area contributed by atoms with E-state index in [1.54, 1.807) is 18.2 Å². The third kappa shape index (κ3) is 3.40. The maximum Gasteiger partial charge on any atom is 0.255 e. The van der Waals surface area contributed by atoms with Gasteiger partial charge < -0.3 is 15.2 Å². The van der Waals surface area contributed by atoms with E-state index in [1.165, 1.54) is 20.0 Å². The number of rotatable bonds is 6. The van der Waals surface area contributed by atoms with Gasteiger partial charge in [0.2, 0.25) is 0 Å². The first-order chi connectivity index (χ1) is 9.15. The maximum atomic E-state index is 12.2. The minimum Gasteiger partial charge on any atom is -0.504 e. The van der Waals surface area contributed by atoms with Crippen LogP contribution in [-0.4, -0.2) is 24.2 Å². The van der Waals surface area contributed by atoms with Crippen molar-refractivity contribution >= 4 is 5.91 Å². The number of phenols is 1. The Morgan fingerprint density at radius 2 is 2.26 bits per heavy atom. The number of hydrogen-bond acceptors (Lipinski definition) is 3.